The van der Waals surface area contributed by atoms with Gasteiger partial charge in [0.15, 0.2) is 0 Å². The highest BCUT2D eigenvalue weighted by Crippen LogP contribution is 2.27. The van der Waals surface area contributed by atoms with E-state index in [1.807, 2.05) is 42.5 Å². The number of benzene rings is 3. The Morgan fingerprint density at radius 1 is 0.812 bits per heavy atom. The van der Waals surface area contributed by atoms with Gasteiger partial charge in [-0.3, -0.25) is 0 Å². The maximum atomic E-state index is 9.66. The number of rotatable bonds is 7. The van der Waals surface area contributed by atoms with Gasteiger partial charge in [0, 0.05) is 29.8 Å². The lowest BCUT2D eigenvalue weighted by atomic mass is 10.1. The van der Waals surface area contributed by atoms with Crippen molar-refractivity contribution in [3.05, 3.63) is 60.7 Å². The van der Waals surface area contributed by atoms with Crippen LogP contribution in [-0.4, -0.2) is 57.2 Å². The van der Waals surface area contributed by atoms with Crippen molar-refractivity contribution in [1.29, 1.82) is 0 Å². The van der Waals surface area contributed by atoms with Gasteiger partial charge in [0.1, 0.15) is 23.1 Å². The molecule has 0 spiro atoms. The standard InChI is InChI=1S/C25H25N5O2/c1-30(2)12-3-13-32-19-9-11-21-23(15-19)29-25(27-21)17-6-4-16(5-7-17)24-26-20-10-8-18(31)14-22(20)28-24/h4-11,14-15,31H,3,12-13H2,1-2H3,(H,26,28)(H,27,29). The number of H-pyrrole nitrogens is 2. The number of aromatic hydroxyl groups is 1. The zero-order chi connectivity index (χ0) is 22.1. The zero-order valence-corrected chi connectivity index (χ0v) is 18.1. The van der Waals surface area contributed by atoms with Crippen molar-refractivity contribution in [1.82, 2.24) is 24.8 Å². The first kappa shape index (κ1) is 20.1. The number of nitrogens with one attached hydrogen (secondary N) is 2. The molecule has 0 bridgehead atoms. The second kappa shape index (κ2) is 8.36. The second-order valence-corrected chi connectivity index (χ2v) is 8.13. The summed E-state index contributed by atoms with van der Waals surface area (Å²) in [5.74, 6) is 2.64. The Morgan fingerprint density at radius 2 is 1.41 bits per heavy atom. The number of hydrogen-bond acceptors (Lipinski definition) is 5. The van der Waals surface area contributed by atoms with Crippen molar-refractivity contribution in [3.8, 4) is 34.3 Å². The van der Waals surface area contributed by atoms with Crippen molar-refractivity contribution in [3.63, 3.8) is 0 Å². The molecule has 162 valence electrons. The minimum atomic E-state index is 0.218. The van der Waals surface area contributed by atoms with Crippen LogP contribution in [0, 0.1) is 0 Å². The Kier molecular flexibility index (Phi) is 5.25. The molecule has 5 aromatic rings. The summed E-state index contributed by atoms with van der Waals surface area (Å²) < 4.78 is 5.88. The molecule has 0 aliphatic heterocycles. The van der Waals surface area contributed by atoms with Gasteiger partial charge in [-0.2, -0.15) is 0 Å². The number of hydrogen-bond donors (Lipinski definition) is 3. The molecule has 3 aromatic carbocycles. The molecule has 32 heavy (non-hydrogen) atoms. The molecule has 0 aliphatic carbocycles. The zero-order valence-electron chi connectivity index (χ0n) is 18.1. The number of imidazole rings is 2. The van der Waals surface area contributed by atoms with E-state index < -0.39 is 0 Å². The van der Waals surface area contributed by atoms with Crippen LogP contribution >= 0.6 is 0 Å². The van der Waals surface area contributed by atoms with Gasteiger partial charge < -0.3 is 24.7 Å². The molecule has 5 rings (SSSR count). The fourth-order valence-corrected chi connectivity index (χ4v) is 3.71. The first-order valence-corrected chi connectivity index (χ1v) is 10.6. The molecule has 0 atom stereocenters. The number of aromatic nitrogens is 4. The Hall–Kier alpha value is -3.84. The van der Waals surface area contributed by atoms with E-state index in [2.05, 4.69) is 33.9 Å². The van der Waals surface area contributed by atoms with Crippen molar-refractivity contribution in [2.45, 2.75) is 6.42 Å². The fraction of sp³-hybridized carbons (Fsp3) is 0.200. The SMILES string of the molecule is CN(C)CCCOc1ccc2nc(-c3ccc(-c4nc5ccc(O)cc5[nH]4)cc3)[nH]c2c1. The Bertz CT molecular complexity index is 1370. The minimum absolute atomic E-state index is 0.218. The summed E-state index contributed by atoms with van der Waals surface area (Å²) in [4.78, 5) is 18.1. The van der Waals surface area contributed by atoms with Crippen LogP contribution in [0.25, 0.3) is 44.8 Å². The maximum absolute atomic E-state index is 9.66. The van der Waals surface area contributed by atoms with Crippen LogP contribution in [0.15, 0.2) is 60.7 Å². The summed E-state index contributed by atoms with van der Waals surface area (Å²) in [5, 5.41) is 9.66. The predicted octanol–water partition coefficient (Wildman–Crippen LogP) is 4.81. The molecule has 3 N–H and O–H groups in total. The molecule has 2 aromatic heterocycles. The lowest BCUT2D eigenvalue weighted by molar-refractivity contribution is 0.282. The molecular weight excluding hydrogens is 402 g/mol. The number of aromatic amines is 2. The van der Waals surface area contributed by atoms with E-state index in [1.54, 1.807) is 18.2 Å². The quantitative estimate of drug-likeness (QED) is 0.324. The number of fused-ring (bicyclic) bond motifs is 2. The van der Waals surface area contributed by atoms with Crippen molar-refractivity contribution in [2.24, 2.45) is 0 Å². The van der Waals surface area contributed by atoms with E-state index in [0.29, 0.717) is 6.61 Å². The summed E-state index contributed by atoms with van der Waals surface area (Å²) in [6.07, 6.45) is 0.984. The van der Waals surface area contributed by atoms with Gasteiger partial charge in [-0.1, -0.05) is 24.3 Å². The van der Waals surface area contributed by atoms with E-state index in [0.717, 1.165) is 63.6 Å². The Morgan fingerprint density at radius 3 is 2.03 bits per heavy atom. The van der Waals surface area contributed by atoms with E-state index >= 15 is 0 Å². The smallest absolute Gasteiger partial charge is 0.138 e. The lowest BCUT2D eigenvalue weighted by Crippen LogP contribution is -2.15. The number of ether oxygens (including phenoxy) is 1. The van der Waals surface area contributed by atoms with Crippen molar-refractivity contribution in [2.75, 3.05) is 27.2 Å². The highest BCUT2D eigenvalue weighted by molar-refractivity contribution is 5.82. The van der Waals surface area contributed by atoms with Gasteiger partial charge in [-0.25, -0.2) is 9.97 Å². The lowest BCUT2D eigenvalue weighted by Gasteiger charge is -2.10. The van der Waals surface area contributed by atoms with Gasteiger partial charge in [0.25, 0.3) is 0 Å². The van der Waals surface area contributed by atoms with Crippen molar-refractivity contribution >= 4 is 22.1 Å². The number of nitrogens with zero attached hydrogens (tertiary/aromatic N) is 3. The molecule has 2 heterocycles. The molecule has 0 unspecified atom stereocenters. The van der Waals surface area contributed by atoms with E-state index in [4.69, 9.17) is 9.72 Å². The maximum Gasteiger partial charge on any atom is 0.138 e. The average molecular weight is 428 g/mol. The molecule has 0 aliphatic rings. The molecular formula is C25H25N5O2. The highest BCUT2D eigenvalue weighted by atomic mass is 16.5. The summed E-state index contributed by atoms with van der Waals surface area (Å²) in [5.41, 5.74) is 5.44. The monoisotopic (exact) mass is 427 g/mol. The molecule has 7 heteroatoms. The number of phenols is 1. The van der Waals surface area contributed by atoms with E-state index in [1.165, 1.54) is 0 Å². The minimum Gasteiger partial charge on any atom is -0.508 e. The molecule has 0 saturated heterocycles. The van der Waals surface area contributed by atoms with Crippen LogP contribution in [0.5, 0.6) is 11.5 Å². The topological polar surface area (TPSA) is 90.1 Å². The molecule has 0 saturated carbocycles. The van der Waals surface area contributed by atoms with Crippen LogP contribution < -0.4 is 4.74 Å². The van der Waals surface area contributed by atoms with Gasteiger partial charge in [0.05, 0.1) is 28.7 Å². The highest BCUT2D eigenvalue weighted by Gasteiger charge is 2.09. The summed E-state index contributed by atoms with van der Waals surface area (Å²) in [6, 6.07) is 19.1. The molecule has 7 nitrogen and oxygen atoms in total. The third-order valence-corrected chi connectivity index (χ3v) is 5.37. The second-order valence-electron chi connectivity index (χ2n) is 8.13. The molecule has 0 amide bonds. The summed E-state index contributed by atoms with van der Waals surface area (Å²) >= 11 is 0. The third-order valence-electron chi connectivity index (χ3n) is 5.37. The summed E-state index contributed by atoms with van der Waals surface area (Å²) in [7, 11) is 4.13. The third kappa shape index (κ3) is 4.15. The normalized spacial score (nSPS) is 11.6. The van der Waals surface area contributed by atoms with Crippen LogP contribution in [0.1, 0.15) is 6.42 Å². The Balaban J connectivity index is 1.34. The van der Waals surface area contributed by atoms with E-state index in [9.17, 15) is 5.11 Å². The van der Waals surface area contributed by atoms with Crippen LogP contribution in [-0.2, 0) is 0 Å². The summed E-state index contributed by atoms with van der Waals surface area (Å²) in [6.45, 7) is 1.69. The van der Waals surface area contributed by atoms with Crippen LogP contribution in [0.3, 0.4) is 0 Å². The van der Waals surface area contributed by atoms with Crippen LogP contribution in [0.2, 0.25) is 0 Å². The van der Waals surface area contributed by atoms with Crippen molar-refractivity contribution < 1.29 is 9.84 Å². The molecule has 0 fully saturated rings. The number of phenolic OH excluding ortho intramolecular Hbond substituents is 1. The van der Waals surface area contributed by atoms with Gasteiger partial charge >= 0.3 is 0 Å². The van der Waals surface area contributed by atoms with Gasteiger partial charge in [0.2, 0.25) is 0 Å². The van der Waals surface area contributed by atoms with E-state index in [-0.39, 0.29) is 5.75 Å². The largest absolute Gasteiger partial charge is 0.508 e. The Labute approximate surface area is 185 Å². The first-order valence-electron chi connectivity index (χ1n) is 10.6. The van der Waals surface area contributed by atoms with Crippen LogP contribution in [0.4, 0.5) is 0 Å². The van der Waals surface area contributed by atoms with Gasteiger partial charge in [-0.05, 0) is 44.8 Å². The average Bonchev–Trinajstić information content (AvgIpc) is 3.40. The first-order chi connectivity index (χ1) is 15.5. The van der Waals surface area contributed by atoms with Gasteiger partial charge in [-0.15, -0.1) is 0 Å². The molecule has 0 radical (unpaired) electrons. The predicted molar refractivity (Wildman–Crippen MR) is 127 cm³/mol. The fourth-order valence-electron chi connectivity index (χ4n) is 3.71.